The van der Waals surface area contributed by atoms with E-state index in [-0.39, 0.29) is 44.2 Å². The second-order valence-corrected chi connectivity index (χ2v) is 14.0. The predicted octanol–water partition coefficient (Wildman–Crippen LogP) is 7.95. The summed E-state index contributed by atoms with van der Waals surface area (Å²) < 4.78 is 26.3. The van der Waals surface area contributed by atoms with E-state index in [0.717, 1.165) is 48.1 Å². The van der Waals surface area contributed by atoms with Crippen LogP contribution in [0.15, 0.2) is 90.6 Å². The van der Waals surface area contributed by atoms with Crippen molar-refractivity contribution in [2.45, 2.75) is 89.6 Å². The molecule has 0 radical (unpaired) electrons. The first-order valence-electron chi connectivity index (χ1n) is 19.4. The number of aliphatic hydroxyl groups excluding tert-OH is 2. The van der Waals surface area contributed by atoms with Gasteiger partial charge in [0.05, 0.1) is 18.2 Å². The summed E-state index contributed by atoms with van der Waals surface area (Å²) in [6.07, 6.45) is 11.2. The number of allylic oxidation sites excluding steroid dienone is 1. The fourth-order valence-electron chi connectivity index (χ4n) is 8.45. The van der Waals surface area contributed by atoms with Crippen LogP contribution in [0.3, 0.4) is 0 Å². The van der Waals surface area contributed by atoms with E-state index in [0.29, 0.717) is 56.9 Å². The van der Waals surface area contributed by atoms with E-state index in [1.54, 1.807) is 17.1 Å². The van der Waals surface area contributed by atoms with Crippen LogP contribution in [0.4, 0.5) is 4.79 Å². The van der Waals surface area contributed by atoms with E-state index in [9.17, 15) is 15.0 Å². The highest BCUT2D eigenvalue weighted by Crippen LogP contribution is 2.62. The van der Waals surface area contributed by atoms with Crippen molar-refractivity contribution in [3.63, 3.8) is 0 Å². The van der Waals surface area contributed by atoms with Crippen LogP contribution >= 0.6 is 0 Å². The number of aliphatic hydroxyl groups is 2. The molecule has 2 aromatic carbocycles. The number of rotatable bonds is 21. The van der Waals surface area contributed by atoms with Crippen LogP contribution in [-0.4, -0.2) is 78.3 Å². The standard InChI is InChI=1S/C43H58N2O8/c1-5-22-45(42(48)50-30-31-16-10-9-11-17-31)39-29-37(44-52-8-4)35-27-32(18-12-14-23-46)34(19-13-15-24-47)40-36-28-33(49-25-6-2)20-21-38(36)53-43(39,41(35)40)51-26-7-3/h6-7,9-11,16-17,20-21,27-28,32,34,39-41,46-47H,2-3,5,8,12-15,18-19,22-26,29-30H2,1,4H3/t32-,34+,39-,40+,41+,43+/m0/s1. The molecular formula is C43H58N2O8. The first-order valence-corrected chi connectivity index (χ1v) is 19.4. The number of benzene rings is 2. The van der Waals surface area contributed by atoms with Gasteiger partial charge in [-0.15, -0.1) is 6.58 Å². The monoisotopic (exact) mass is 730 g/mol. The number of amides is 1. The summed E-state index contributed by atoms with van der Waals surface area (Å²) >= 11 is 0. The van der Waals surface area contributed by atoms with Crippen LogP contribution in [0.1, 0.15) is 82.3 Å². The summed E-state index contributed by atoms with van der Waals surface area (Å²) in [5.41, 5.74) is 3.65. The number of hydrogen-bond donors (Lipinski definition) is 2. The summed E-state index contributed by atoms with van der Waals surface area (Å²) in [4.78, 5) is 21.9. The summed E-state index contributed by atoms with van der Waals surface area (Å²) in [5, 5.41) is 24.3. The van der Waals surface area contributed by atoms with Gasteiger partial charge in [-0.25, -0.2) is 4.79 Å². The molecule has 1 aliphatic heterocycles. The molecule has 1 heterocycles. The summed E-state index contributed by atoms with van der Waals surface area (Å²) in [6, 6.07) is 15.0. The Kier molecular flexibility index (Phi) is 15.0. The molecule has 0 bridgehead atoms. The Morgan fingerprint density at radius 2 is 1.77 bits per heavy atom. The number of hydrogen-bond acceptors (Lipinski definition) is 9. The Balaban J connectivity index is 1.72. The summed E-state index contributed by atoms with van der Waals surface area (Å²) in [7, 11) is 0. The van der Waals surface area contributed by atoms with Gasteiger partial charge < -0.3 is 34.0 Å². The Hall–Kier alpha value is -4.12. The number of carbonyl (C=O) groups is 1. The van der Waals surface area contributed by atoms with Gasteiger partial charge in [-0.1, -0.05) is 80.1 Å². The highest BCUT2D eigenvalue weighted by molar-refractivity contribution is 6.03. The van der Waals surface area contributed by atoms with Crippen molar-refractivity contribution in [3.05, 3.63) is 96.6 Å². The SMILES string of the molecule is C=CCOc1ccc2c(c1)[C@H]1[C@H](CCCCO)[C@@H](CCCCO)C=C3C(=NOCC)C[C@H](N(CCC)C(=O)OCc4ccccc4)[C@@](OCC=C)(O2)[C@H]31. The molecule has 3 aliphatic rings. The molecule has 2 aromatic rings. The largest absolute Gasteiger partial charge is 0.490 e. The average molecular weight is 731 g/mol. The van der Waals surface area contributed by atoms with Gasteiger partial charge in [0.1, 0.15) is 37.4 Å². The van der Waals surface area contributed by atoms with Crippen molar-refractivity contribution in [3.8, 4) is 11.5 Å². The van der Waals surface area contributed by atoms with Gasteiger partial charge in [0.2, 0.25) is 5.79 Å². The van der Waals surface area contributed by atoms with Crippen LogP contribution in [0.2, 0.25) is 0 Å². The topological polar surface area (TPSA) is 119 Å². The van der Waals surface area contributed by atoms with Crippen molar-refractivity contribution in [2.75, 3.05) is 39.6 Å². The van der Waals surface area contributed by atoms with Gasteiger partial charge in [-0.3, -0.25) is 4.90 Å². The molecular weight excluding hydrogens is 672 g/mol. The fraction of sp³-hybridized carbons (Fsp3) is 0.535. The first-order chi connectivity index (χ1) is 26.0. The number of unbranched alkanes of at least 4 members (excludes halogenated alkanes) is 2. The number of fused-ring (bicyclic) bond motifs is 2. The smallest absolute Gasteiger partial charge is 0.410 e. The highest BCUT2D eigenvalue weighted by Gasteiger charge is 2.65. The minimum atomic E-state index is -1.33. The van der Waals surface area contributed by atoms with Crippen molar-refractivity contribution < 1.29 is 38.8 Å². The van der Waals surface area contributed by atoms with E-state index in [1.165, 1.54) is 0 Å². The maximum Gasteiger partial charge on any atom is 0.410 e. The summed E-state index contributed by atoms with van der Waals surface area (Å²) in [5.74, 6) is -0.213. The minimum Gasteiger partial charge on any atom is -0.490 e. The van der Waals surface area contributed by atoms with Crippen LogP contribution in [0, 0.1) is 17.8 Å². The Labute approximate surface area is 315 Å². The molecule has 10 heteroatoms. The van der Waals surface area contributed by atoms with Gasteiger partial charge in [0.25, 0.3) is 0 Å². The molecule has 0 unspecified atom stereocenters. The minimum absolute atomic E-state index is 0.118. The van der Waals surface area contributed by atoms with Crippen LogP contribution in [-0.2, 0) is 20.9 Å². The molecule has 6 atom stereocenters. The maximum atomic E-state index is 14.3. The van der Waals surface area contributed by atoms with Crippen molar-refractivity contribution >= 4 is 11.8 Å². The molecule has 288 valence electrons. The molecule has 1 saturated carbocycles. The van der Waals surface area contributed by atoms with Gasteiger partial charge in [0, 0.05) is 37.7 Å². The zero-order valence-corrected chi connectivity index (χ0v) is 31.5. The van der Waals surface area contributed by atoms with E-state index >= 15 is 0 Å². The third-order valence-corrected chi connectivity index (χ3v) is 10.6. The van der Waals surface area contributed by atoms with E-state index < -0.39 is 23.8 Å². The normalized spacial score (nSPS) is 24.9. The number of carbonyl (C=O) groups excluding carboxylic acids is 1. The third-order valence-electron chi connectivity index (χ3n) is 10.6. The zero-order chi connectivity index (χ0) is 37.6. The molecule has 1 amide bonds. The highest BCUT2D eigenvalue weighted by atomic mass is 16.7. The fourth-order valence-corrected chi connectivity index (χ4v) is 8.45. The summed E-state index contributed by atoms with van der Waals surface area (Å²) in [6.45, 7) is 13.5. The van der Waals surface area contributed by atoms with Gasteiger partial charge in [-0.2, -0.15) is 0 Å². The lowest BCUT2D eigenvalue weighted by Gasteiger charge is -2.59. The molecule has 53 heavy (non-hydrogen) atoms. The lowest BCUT2D eigenvalue weighted by molar-refractivity contribution is -0.255. The molecule has 0 spiro atoms. The average Bonchev–Trinajstić information content (AvgIpc) is 3.18. The Morgan fingerprint density at radius 1 is 1.02 bits per heavy atom. The van der Waals surface area contributed by atoms with Crippen LogP contribution in [0.5, 0.6) is 11.5 Å². The number of nitrogens with zero attached hydrogens (tertiary/aromatic N) is 2. The number of ether oxygens (including phenoxy) is 4. The molecule has 10 nitrogen and oxygen atoms in total. The maximum absolute atomic E-state index is 14.3. The molecule has 1 fully saturated rings. The molecule has 2 aliphatic carbocycles. The predicted molar refractivity (Wildman–Crippen MR) is 206 cm³/mol. The quantitative estimate of drug-likeness (QED) is 0.0755. The molecule has 5 rings (SSSR count). The van der Waals surface area contributed by atoms with E-state index in [2.05, 4.69) is 25.3 Å². The van der Waals surface area contributed by atoms with Crippen LogP contribution < -0.4 is 9.47 Å². The third kappa shape index (κ3) is 9.16. The molecule has 0 aromatic heterocycles. The lowest BCUT2D eigenvalue weighted by atomic mass is 9.55. The second kappa shape index (κ2) is 19.8. The van der Waals surface area contributed by atoms with E-state index in [4.69, 9.17) is 28.9 Å². The zero-order valence-electron chi connectivity index (χ0n) is 31.5. The van der Waals surface area contributed by atoms with Crippen LogP contribution in [0.25, 0.3) is 0 Å². The van der Waals surface area contributed by atoms with Crippen molar-refractivity contribution in [2.24, 2.45) is 22.9 Å². The number of oxime groups is 1. The van der Waals surface area contributed by atoms with Crippen molar-refractivity contribution in [1.29, 1.82) is 0 Å². The first kappa shape index (κ1) is 40.1. The lowest BCUT2D eigenvalue weighted by Crippen LogP contribution is -2.70. The van der Waals surface area contributed by atoms with Crippen molar-refractivity contribution in [1.82, 2.24) is 4.90 Å². The molecule has 0 saturated heterocycles. The second-order valence-electron chi connectivity index (χ2n) is 14.0. The Morgan fingerprint density at radius 3 is 2.47 bits per heavy atom. The van der Waals surface area contributed by atoms with Gasteiger partial charge in [-0.05, 0) is 80.2 Å². The molecule has 2 N–H and O–H groups in total. The van der Waals surface area contributed by atoms with Gasteiger partial charge >= 0.3 is 6.09 Å². The van der Waals surface area contributed by atoms with E-state index in [1.807, 2.05) is 56.3 Å². The Bertz CT molecular complexity index is 1560. The van der Waals surface area contributed by atoms with Gasteiger partial charge in [0.15, 0.2) is 0 Å².